The Bertz CT molecular complexity index is 258. The Hall–Kier alpha value is -0.420. The van der Waals surface area contributed by atoms with Gasteiger partial charge in [-0.15, -0.1) is 0 Å². The van der Waals surface area contributed by atoms with Crippen molar-refractivity contribution in [3.8, 4) is 0 Å². The molecule has 0 aromatic heterocycles. The molecule has 1 aliphatic heterocycles. The van der Waals surface area contributed by atoms with Crippen LogP contribution in [-0.2, 0) is 9.59 Å². The SMILES string of the molecule is C=CN1C(=O)C(Br)=C(Br)C1=O. The number of imide groups is 1. The summed E-state index contributed by atoms with van der Waals surface area (Å²) in [6, 6.07) is 0. The maximum absolute atomic E-state index is 11.1. The summed E-state index contributed by atoms with van der Waals surface area (Å²) >= 11 is 5.93. The molecule has 0 bridgehead atoms. The normalized spacial score (nSPS) is 18.2. The van der Waals surface area contributed by atoms with Gasteiger partial charge in [-0.05, 0) is 31.9 Å². The maximum atomic E-state index is 11.1. The molecule has 1 aliphatic rings. The highest BCUT2D eigenvalue weighted by Crippen LogP contribution is 2.29. The van der Waals surface area contributed by atoms with E-state index in [0.717, 1.165) is 4.90 Å². The summed E-state index contributed by atoms with van der Waals surface area (Å²) in [5.41, 5.74) is 0. The Morgan fingerprint density at radius 2 is 1.55 bits per heavy atom. The zero-order valence-electron chi connectivity index (χ0n) is 5.30. The van der Waals surface area contributed by atoms with Gasteiger partial charge >= 0.3 is 0 Å². The minimum absolute atomic E-state index is 0.238. The molecule has 0 radical (unpaired) electrons. The predicted molar refractivity (Wildman–Crippen MR) is 46.9 cm³/mol. The molecule has 0 saturated carbocycles. The minimum Gasteiger partial charge on any atom is -0.268 e. The van der Waals surface area contributed by atoms with Gasteiger partial charge in [-0.1, -0.05) is 6.58 Å². The van der Waals surface area contributed by atoms with Gasteiger partial charge in [0.15, 0.2) is 0 Å². The van der Waals surface area contributed by atoms with Crippen LogP contribution in [0.3, 0.4) is 0 Å². The lowest BCUT2D eigenvalue weighted by Gasteiger charge is -2.04. The van der Waals surface area contributed by atoms with Gasteiger partial charge in [0.1, 0.15) is 8.96 Å². The molecule has 5 heteroatoms. The molecule has 0 atom stereocenters. The second-order valence-corrected chi connectivity index (χ2v) is 3.38. The second kappa shape index (κ2) is 2.91. The van der Waals surface area contributed by atoms with Gasteiger partial charge in [-0.2, -0.15) is 0 Å². The van der Waals surface area contributed by atoms with Crippen molar-refractivity contribution in [1.29, 1.82) is 0 Å². The second-order valence-electron chi connectivity index (χ2n) is 1.79. The summed E-state index contributed by atoms with van der Waals surface area (Å²) in [5.74, 6) is -0.784. The number of halogens is 2. The first kappa shape index (κ1) is 8.67. The number of hydrogen-bond acceptors (Lipinski definition) is 2. The van der Waals surface area contributed by atoms with Gasteiger partial charge in [0.2, 0.25) is 0 Å². The molecule has 0 unspecified atom stereocenters. The predicted octanol–water partition coefficient (Wildman–Crippen LogP) is 1.50. The van der Waals surface area contributed by atoms with Crippen LogP contribution in [-0.4, -0.2) is 16.7 Å². The van der Waals surface area contributed by atoms with E-state index in [4.69, 9.17) is 0 Å². The molecule has 0 N–H and O–H groups in total. The van der Waals surface area contributed by atoms with Crippen molar-refractivity contribution in [1.82, 2.24) is 4.90 Å². The smallest absolute Gasteiger partial charge is 0.268 e. The lowest BCUT2D eigenvalue weighted by molar-refractivity contribution is -0.133. The summed E-state index contributed by atoms with van der Waals surface area (Å²) < 4.78 is 0.477. The van der Waals surface area contributed by atoms with Crippen molar-refractivity contribution >= 4 is 43.7 Å². The van der Waals surface area contributed by atoms with Crippen LogP contribution in [0.2, 0.25) is 0 Å². The van der Waals surface area contributed by atoms with Crippen LogP contribution in [0.15, 0.2) is 21.7 Å². The highest BCUT2D eigenvalue weighted by atomic mass is 79.9. The first-order valence-electron chi connectivity index (χ1n) is 2.65. The Balaban J connectivity index is 3.11. The molecular weight excluding hydrogens is 278 g/mol. The van der Waals surface area contributed by atoms with Crippen LogP contribution in [0.5, 0.6) is 0 Å². The fraction of sp³-hybridized carbons (Fsp3) is 0. The van der Waals surface area contributed by atoms with Crippen LogP contribution in [0, 0.1) is 0 Å². The zero-order valence-corrected chi connectivity index (χ0v) is 8.48. The number of hydrogen-bond donors (Lipinski definition) is 0. The molecule has 3 nitrogen and oxygen atoms in total. The Morgan fingerprint density at radius 3 is 1.73 bits per heavy atom. The van der Waals surface area contributed by atoms with E-state index in [1.807, 2.05) is 0 Å². The molecule has 0 aliphatic carbocycles. The lowest BCUT2D eigenvalue weighted by atomic mass is 10.6. The van der Waals surface area contributed by atoms with Gasteiger partial charge in [0.25, 0.3) is 11.8 Å². The number of carbonyl (C=O) groups excluding carboxylic acids is 2. The van der Waals surface area contributed by atoms with E-state index in [-0.39, 0.29) is 8.96 Å². The first-order valence-corrected chi connectivity index (χ1v) is 4.24. The fourth-order valence-corrected chi connectivity index (χ4v) is 1.38. The summed E-state index contributed by atoms with van der Waals surface area (Å²) in [7, 11) is 0. The summed E-state index contributed by atoms with van der Waals surface area (Å²) in [6.45, 7) is 3.33. The molecule has 2 amide bonds. The third kappa shape index (κ3) is 1.18. The van der Waals surface area contributed by atoms with Gasteiger partial charge in [0.05, 0.1) is 0 Å². The van der Waals surface area contributed by atoms with E-state index >= 15 is 0 Å². The minimum atomic E-state index is -0.392. The number of nitrogens with zero attached hydrogens (tertiary/aromatic N) is 1. The van der Waals surface area contributed by atoms with Gasteiger partial charge in [-0.3, -0.25) is 9.59 Å². The van der Waals surface area contributed by atoms with Crippen molar-refractivity contribution in [3.63, 3.8) is 0 Å². The van der Waals surface area contributed by atoms with E-state index < -0.39 is 11.8 Å². The lowest BCUT2D eigenvalue weighted by Crippen LogP contribution is -2.24. The number of rotatable bonds is 1. The van der Waals surface area contributed by atoms with Crippen molar-refractivity contribution in [2.45, 2.75) is 0 Å². The maximum Gasteiger partial charge on any atom is 0.273 e. The quantitative estimate of drug-likeness (QED) is 0.683. The Kier molecular flexibility index (Phi) is 2.29. The molecule has 0 saturated heterocycles. The molecule has 0 spiro atoms. The van der Waals surface area contributed by atoms with Crippen LogP contribution < -0.4 is 0 Å². The van der Waals surface area contributed by atoms with E-state index in [1.165, 1.54) is 6.20 Å². The van der Waals surface area contributed by atoms with Crippen LogP contribution in [0.1, 0.15) is 0 Å². The highest BCUT2D eigenvalue weighted by molar-refractivity contribution is 9.14. The number of carbonyl (C=O) groups is 2. The van der Waals surface area contributed by atoms with Crippen LogP contribution in [0.4, 0.5) is 0 Å². The largest absolute Gasteiger partial charge is 0.273 e. The standard InChI is InChI=1S/C6H3Br2NO2/c1-2-9-5(10)3(7)4(8)6(9)11/h2H,1H2. The Morgan fingerprint density at radius 1 is 1.18 bits per heavy atom. The van der Waals surface area contributed by atoms with Gasteiger partial charge in [-0.25, -0.2) is 4.90 Å². The van der Waals surface area contributed by atoms with E-state index in [0.29, 0.717) is 0 Å². The summed E-state index contributed by atoms with van der Waals surface area (Å²) in [4.78, 5) is 23.0. The van der Waals surface area contributed by atoms with E-state index in [9.17, 15) is 9.59 Å². The van der Waals surface area contributed by atoms with Crippen LogP contribution >= 0.6 is 31.9 Å². The van der Waals surface area contributed by atoms with Crippen molar-refractivity contribution < 1.29 is 9.59 Å². The van der Waals surface area contributed by atoms with Crippen molar-refractivity contribution in [2.24, 2.45) is 0 Å². The van der Waals surface area contributed by atoms with Gasteiger partial charge in [0, 0.05) is 6.20 Å². The molecule has 58 valence electrons. The molecular formula is C6H3Br2NO2. The average Bonchev–Trinajstić information content (AvgIpc) is 2.17. The molecule has 1 heterocycles. The summed E-state index contributed by atoms with van der Waals surface area (Å²) in [6.07, 6.45) is 1.18. The van der Waals surface area contributed by atoms with Crippen LogP contribution in [0.25, 0.3) is 0 Å². The number of amides is 2. The zero-order chi connectivity index (χ0) is 8.59. The molecule has 0 fully saturated rings. The molecule has 1 rings (SSSR count). The third-order valence-corrected chi connectivity index (χ3v) is 3.19. The monoisotopic (exact) mass is 279 g/mol. The van der Waals surface area contributed by atoms with Crippen molar-refractivity contribution in [3.05, 3.63) is 21.7 Å². The van der Waals surface area contributed by atoms with E-state index in [2.05, 4.69) is 38.4 Å². The topological polar surface area (TPSA) is 37.4 Å². The summed E-state index contributed by atoms with van der Waals surface area (Å²) in [5, 5.41) is 0. The molecule has 0 aromatic carbocycles. The van der Waals surface area contributed by atoms with Gasteiger partial charge < -0.3 is 0 Å². The highest BCUT2D eigenvalue weighted by Gasteiger charge is 2.33. The molecule has 0 aromatic rings. The average molecular weight is 281 g/mol. The van der Waals surface area contributed by atoms with E-state index in [1.54, 1.807) is 0 Å². The molecule has 11 heavy (non-hydrogen) atoms. The van der Waals surface area contributed by atoms with Crippen molar-refractivity contribution in [2.75, 3.05) is 0 Å². The fourth-order valence-electron chi connectivity index (χ4n) is 0.657. The third-order valence-electron chi connectivity index (χ3n) is 1.19. The Labute approximate surface area is 80.0 Å². The first-order chi connectivity index (χ1) is 5.09.